The average Bonchev–Trinajstić information content (AvgIpc) is 3.68. The maximum Gasteiger partial charge on any atom is 0.0619 e. The molecular weight excluding hydrogens is 725 g/mol. The second-order valence-corrected chi connectivity index (χ2v) is 15.4. The SMILES string of the molecule is c1ccc(-c2ccc(N(c3ccc(-c4cccc(-c5ccccc5)c4)cc3)c3cccc(-c4cccc(-n5c6ccccc6c6ccc7ccccc7c65)c4)c3)cc2)cc1. The first-order chi connectivity index (χ1) is 29.7. The molecule has 1 heterocycles. The lowest BCUT2D eigenvalue weighted by Gasteiger charge is -2.26. The van der Waals surface area contributed by atoms with Gasteiger partial charge in [0.05, 0.1) is 11.0 Å². The van der Waals surface area contributed by atoms with Gasteiger partial charge in [0.1, 0.15) is 0 Å². The van der Waals surface area contributed by atoms with Crippen LogP contribution in [0.25, 0.3) is 82.8 Å². The van der Waals surface area contributed by atoms with Gasteiger partial charge in [-0.3, -0.25) is 0 Å². The Balaban J connectivity index is 1.01. The van der Waals surface area contributed by atoms with Crippen LogP contribution in [0.4, 0.5) is 17.1 Å². The Morgan fingerprint density at radius 3 is 1.43 bits per heavy atom. The van der Waals surface area contributed by atoms with E-state index in [9.17, 15) is 0 Å². The van der Waals surface area contributed by atoms with Crippen LogP contribution in [0.3, 0.4) is 0 Å². The quantitative estimate of drug-likeness (QED) is 0.150. The summed E-state index contributed by atoms with van der Waals surface area (Å²) in [5.41, 5.74) is 16.4. The number of nitrogens with zero attached hydrogens (tertiary/aromatic N) is 2. The lowest BCUT2D eigenvalue weighted by Crippen LogP contribution is -2.10. The summed E-state index contributed by atoms with van der Waals surface area (Å²) in [7, 11) is 0. The molecule has 0 unspecified atom stereocenters. The summed E-state index contributed by atoms with van der Waals surface area (Å²) in [4.78, 5) is 2.37. The van der Waals surface area contributed by atoms with Crippen LogP contribution in [0.5, 0.6) is 0 Å². The van der Waals surface area contributed by atoms with Gasteiger partial charge in [0, 0.05) is 38.9 Å². The fourth-order valence-electron chi connectivity index (χ4n) is 8.84. The molecule has 0 aliphatic carbocycles. The van der Waals surface area contributed by atoms with Crippen molar-refractivity contribution in [2.75, 3.05) is 4.90 Å². The molecule has 0 atom stereocenters. The van der Waals surface area contributed by atoms with E-state index in [1.165, 1.54) is 66.0 Å². The van der Waals surface area contributed by atoms with Gasteiger partial charge in [-0.05, 0) is 111 Å². The van der Waals surface area contributed by atoms with Crippen molar-refractivity contribution in [3.63, 3.8) is 0 Å². The molecular formula is C58H40N2. The Morgan fingerprint density at radius 1 is 0.267 bits per heavy atom. The van der Waals surface area contributed by atoms with E-state index in [0.717, 1.165) is 33.9 Å². The Kier molecular flexibility index (Phi) is 8.87. The van der Waals surface area contributed by atoms with Crippen molar-refractivity contribution < 1.29 is 0 Å². The second-order valence-electron chi connectivity index (χ2n) is 15.4. The van der Waals surface area contributed by atoms with Crippen molar-refractivity contribution >= 4 is 49.6 Å². The lowest BCUT2D eigenvalue weighted by atomic mass is 9.98. The van der Waals surface area contributed by atoms with Gasteiger partial charge in [-0.2, -0.15) is 0 Å². The number of hydrogen-bond acceptors (Lipinski definition) is 1. The Morgan fingerprint density at radius 2 is 0.750 bits per heavy atom. The van der Waals surface area contributed by atoms with E-state index in [-0.39, 0.29) is 0 Å². The molecule has 10 aromatic carbocycles. The minimum absolute atomic E-state index is 1.09. The summed E-state index contributed by atoms with van der Waals surface area (Å²) in [5.74, 6) is 0. The Hall–Kier alpha value is -7.94. The first-order valence-electron chi connectivity index (χ1n) is 20.6. The van der Waals surface area contributed by atoms with Crippen LogP contribution >= 0.6 is 0 Å². The highest BCUT2D eigenvalue weighted by Crippen LogP contribution is 2.41. The van der Waals surface area contributed by atoms with E-state index in [2.05, 4.69) is 252 Å². The number of fused-ring (bicyclic) bond motifs is 5. The van der Waals surface area contributed by atoms with E-state index < -0.39 is 0 Å². The predicted molar refractivity (Wildman–Crippen MR) is 255 cm³/mol. The molecule has 11 rings (SSSR count). The summed E-state index contributed by atoms with van der Waals surface area (Å²) in [6.07, 6.45) is 0. The predicted octanol–water partition coefficient (Wildman–Crippen LogP) is 16.1. The molecule has 2 heteroatoms. The molecule has 1 aromatic heterocycles. The molecule has 0 bridgehead atoms. The van der Waals surface area contributed by atoms with Crippen LogP contribution in [-0.2, 0) is 0 Å². The molecule has 282 valence electrons. The van der Waals surface area contributed by atoms with E-state index in [0.29, 0.717) is 0 Å². The zero-order valence-corrected chi connectivity index (χ0v) is 33.0. The van der Waals surface area contributed by atoms with Crippen molar-refractivity contribution in [2.45, 2.75) is 0 Å². The fourth-order valence-corrected chi connectivity index (χ4v) is 8.84. The van der Waals surface area contributed by atoms with Crippen LogP contribution < -0.4 is 4.90 Å². The highest BCUT2D eigenvalue weighted by Gasteiger charge is 2.17. The standard InChI is InChI=1S/C58H40N2/c1-3-14-41(15-4-1)43-28-33-50(34-29-43)59(51-35-30-44(31-36-51)47-20-11-19-46(38-47)42-16-5-2-6-17-42)52-23-12-21-48(39-52)49-22-13-24-53(40-49)60-57-27-10-9-26-55(57)56-37-32-45-18-7-8-25-54(45)58(56)60/h1-40H. The summed E-state index contributed by atoms with van der Waals surface area (Å²) < 4.78 is 2.44. The van der Waals surface area contributed by atoms with Crippen LogP contribution in [0.15, 0.2) is 243 Å². The molecule has 0 amide bonds. The summed E-state index contributed by atoms with van der Waals surface area (Å²) in [6.45, 7) is 0. The van der Waals surface area contributed by atoms with Gasteiger partial charge in [0.25, 0.3) is 0 Å². The molecule has 11 aromatic rings. The molecule has 0 radical (unpaired) electrons. The second kappa shape index (κ2) is 15.1. The van der Waals surface area contributed by atoms with Crippen LogP contribution in [0.2, 0.25) is 0 Å². The smallest absolute Gasteiger partial charge is 0.0619 e. The molecule has 0 saturated carbocycles. The first kappa shape index (κ1) is 35.2. The number of benzene rings is 10. The Bertz CT molecular complexity index is 3290. The topological polar surface area (TPSA) is 8.17 Å². The summed E-state index contributed by atoms with van der Waals surface area (Å²) in [6, 6.07) is 87.8. The van der Waals surface area contributed by atoms with Crippen LogP contribution in [-0.4, -0.2) is 4.57 Å². The van der Waals surface area contributed by atoms with Gasteiger partial charge in [-0.15, -0.1) is 0 Å². The van der Waals surface area contributed by atoms with Crippen molar-refractivity contribution in [2.24, 2.45) is 0 Å². The van der Waals surface area contributed by atoms with Crippen molar-refractivity contribution in [1.29, 1.82) is 0 Å². The maximum absolute atomic E-state index is 2.44. The van der Waals surface area contributed by atoms with Gasteiger partial charge in [-0.25, -0.2) is 0 Å². The molecule has 60 heavy (non-hydrogen) atoms. The van der Waals surface area contributed by atoms with Crippen molar-refractivity contribution in [3.05, 3.63) is 243 Å². The number of para-hydroxylation sites is 1. The van der Waals surface area contributed by atoms with Gasteiger partial charge in [0.15, 0.2) is 0 Å². The number of anilines is 3. The third-order valence-electron chi connectivity index (χ3n) is 11.8. The molecule has 0 fully saturated rings. The summed E-state index contributed by atoms with van der Waals surface area (Å²) >= 11 is 0. The maximum atomic E-state index is 2.44. The lowest BCUT2D eigenvalue weighted by molar-refractivity contribution is 1.19. The van der Waals surface area contributed by atoms with Crippen LogP contribution in [0.1, 0.15) is 0 Å². The highest BCUT2D eigenvalue weighted by atomic mass is 15.1. The molecule has 0 aliphatic heterocycles. The van der Waals surface area contributed by atoms with E-state index >= 15 is 0 Å². The number of hydrogen-bond donors (Lipinski definition) is 0. The molecule has 2 nitrogen and oxygen atoms in total. The van der Waals surface area contributed by atoms with Crippen molar-refractivity contribution in [3.8, 4) is 50.2 Å². The minimum Gasteiger partial charge on any atom is -0.310 e. The van der Waals surface area contributed by atoms with Gasteiger partial charge >= 0.3 is 0 Å². The molecule has 0 N–H and O–H groups in total. The van der Waals surface area contributed by atoms with Crippen molar-refractivity contribution in [1.82, 2.24) is 4.57 Å². The zero-order valence-electron chi connectivity index (χ0n) is 33.0. The zero-order chi connectivity index (χ0) is 39.8. The number of rotatable bonds is 8. The van der Waals surface area contributed by atoms with Gasteiger partial charge in [-0.1, -0.05) is 182 Å². The summed E-state index contributed by atoms with van der Waals surface area (Å²) in [5, 5.41) is 5.01. The Labute approximate surface area is 350 Å². The molecule has 0 spiro atoms. The fraction of sp³-hybridized carbons (Fsp3) is 0. The molecule has 0 aliphatic rings. The monoisotopic (exact) mass is 764 g/mol. The number of aromatic nitrogens is 1. The normalized spacial score (nSPS) is 11.3. The first-order valence-corrected chi connectivity index (χ1v) is 20.6. The van der Waals surface area contributed by atoms with Gasteiger partial charge in [0.2, 0.25) is 0 Å². The minimum atomic E-state index is 1.09. The average molecular weight is 765 g/mol. The van der Waals surface area contributed by atoms with E-state index in [1.54, 1.807) is 0 Å². The van der Waals surface area contributed by atoms with Crippen LogP contribution in [0, 0.1) is 0 Å². The molecule has 0 saturated heterocycles. The third-order valence-corrected chi connectivity index (χ3v) is 11.8. The third kappa shape index (κ3) is 6.41. The van der Waals surface area contributed by atoms with Gasteiger partial charge < -0.3 is 9.47 Å². The highest BCUT2D eigenvalue weighted by molar-refractivity contribution is 6.18. The van der Waals surface area contributed by atoms with E-state index in [1.807, 2.05) is 0 Å². The largest absolute Gasteiger partial charge is 0.310 e. The van der Waals surface area contributed by atoms with E-state index in [4.69, 9.17) is 0 Å².